The summed E-state index contributed by atoms with van der Waals surface area (Å²) in [6, 6.07) is 7.12. The summed E-state index contributed by atoms with van der Waals surface area (Å²) >= 11 is 6.13. The largest absolute Gasteiger partial charge is 0.379 e. The Bertz CT molecular complexity index is 707. The van der Waals surface area contributed by atoms with Crippen molar-refractivity contribution < 1.29 is 9.53 Å². The molecular weight excluding hydrogens is 340 g/mol. The number of likely N-dealkylation sites (N-methyl/N-ethyl adjacent to an activating group) is 1. The predicted octanol–water partition coefficient (Wildman–Crippen LogP) is 2.16. The fourth-order valence-electron chi connectivity index (χ4n) is 2.96. The molecule has 3 rings (SSSR count). The molecule has 0 N–H and O–H groups in total. The summed E-state index contributed by atoms with van der Waals surface area (Å²) in [5, 5.41) is 0.423. The van der Waals surface area contributed by atoms with E-state index in [-0.39, 0.29) is 11.9 Å². The zero-order valence-electron chi connectivity index (χ0n) is 14.1. The topological polar surface area (TPSA) is 58.6 Å². The van der Waals surface area contributed by atoms with Gasteiger partial charge in [0.15, 0.2) is 0 Å². The van der Waals surface area contributed by atoms with Gasteiger partial charge in [-0.05, 0) is 17.7 Å². The van der Waals surface area contributed by atoms with Gasteiger partial charge >= 0.3 is 0 Å². The molecule has 7 heteroatoms. The molecule has 0 saturated carbocycles. The maximum atomic E-state index is 13.2. The number of ether oxygens (including phenoxy) is 1. The smallest absolute Gasteiger partial charge is 0.244 e. The van der Waals surface area contributed by atoms with E-state index in [0.29, 0.717) is 38.0 Å². The van der Waals surface area contributed by atoms with E-state index in [0.717, 1.165) is 11.1 Å². The van der Waals surface area contributed by atoms with Crippen LogP contribution in [0.2, 0.25) is 5.15 Å². The Morgan fingerprint density at radius 3 is 2.76 bits per heavy atom. The van der Waals surface area contributed by atoms with Gasteiger partial charge in [0, 0.05) is 50.8 Å². The summed E-state index contributed by atoms with van der Waals surface area (Å²) in [4.78, 5) is 25.3. The molecule has 2 aromatic rings. The Kier molecular flexibility index (Phi) is 5.96. The van der Waals surface area contributed by atoms with Crippen LogP contribution in [0.3, 0.4) is 0 Å². The normalized spacial score (nSPS) is 16.4. The van der Waals surface area contributed by atoms with Crippen LogP contribution in [0.15, 0.2) is 42.9 Å². The molecule has 0 radical (unpaired) electrons. The second-order valence-corrected chi connectivity index (χ2v) is 6.34. The van der Waals surface area contributed by atoms with Crippen LogP contribution < -0.4 is 0 Å². The summed E-state index contributed by atoms with van der Waals surface area (Å²) < 4.78 is 5.43. The van der Waals surface area contributed by atoms with Crippen LogP contribution in [0.1, 0.15) is 17.2 Å². The third-order valence-corrected chi connectivity index (χ3v) is 4.61. The molecule has 0 bridgehead atoms. The lowest BCUT2D eigenvalue weighted by molar-refractivity contribution is -0.138. The molecule has 0 unspecified atom stereocenters. The van der Waals surface area contributed by atoms with Crippen LogP contribution in [-0.4, -0.2) is 59.0 Å². The number of nitrogens with zero attached hydrogens (tertiary/aromatic N) is 4. The third kappa shape index (κ3) is 4.34. The first-order valence-corrected chi connectivity index (χ1v) is 8.60. The SMILES string of the molecule is CN(Cc1cccnc1Cl)C(=O)[C@@H](c1cccnc1)N1CCOCC1. The quantitative estimate of drug-likeness (QED) is 0.765. The fraction of sp³-hybridized carbons (Fsp3) is 0.389. The van der Waals surface area contributed by atoms with E-state index in [4.69, 9.17) is 16.3 Å². The average molecular weight is 361 g/mol. The zero-order valence-corrected chi connectivity index (χ0v) is 14.9. The first-order chi connectivity index (χ1) is 12.2. The highest BCUT2D eigenvalue weighted by molar-refractivity contribution is 6.30. The van der Waals surface area contributed by atoms with Crippen molar-refractivity contribution in [1.29, 1.82) is 0 Å². The minimum Gasteiger partial charge on any atom is -0.379 e. The summed E-state index contributed by atoms with van der Waals surface area (Å²) in [6.45, 7) is 3.09. The van der Waals surface area contributed by atoms with Crippen molar-refractivity contribution in [3.8, 4) is 0 Å². The minimum absolute atomic E-state index is 0.00909. The van der Waals surface area contributed by atoms with Gasteiger partial charge in [0.05, 0.1) is 13.2 Å². The van der Waals surface area contributed by atoms with Crippen LogP contribution >= 0.6 is 11.6 Å². The van der Waals surface area contributed by atoms with Crippen molar-refractivity contribution in [2.24, 2.45) is 0 Å². The fourth-order valence-corrected chi connectivity index (χ4v) is 3.14. The molecule has 1 amide bonds. The van der Waals surface area contributed by atoms with Crippen molar-refractivity contribution in [2.75, 3.05) is 33.4 Å². The standard InChI is InChI=1S/C18H21ClN4O2/c1-22(13-15-5-3-7-21-17(15)19)18(24)16(14-4-2-6-20-12-14)23-8-10-25-11-9-23/h2-7,12,16H,8-11,13H2,1H3/t16-/m1/s1. The molecule has 0 spiro atoms. The van der Waals surface area contributed by atoms with Gasteiger partial charge in [-0.25, -0.2) is 4.98 Å². The van der Waals surface area contributed by atoms with Gasteiger partial charge in [-0.2, -0.15) is 0 Å². The van der Waals surface area contributed by atoms with E-state index in [1.165, 1.54) is 0 Å². The molecule has 1 aliphatic heterocycles. The number of aromatic nitrogens is 2. The first-order valence-electron chi connectivity index (χ1n) is 8.23. The number of hydrogen-bond donors (Lipinski definition) is 0. The Labute approximate surface area is 152 Å². The van der Waals surface area contributed by atoms with E-state index >= 15 is 0 Å². The number of rotatable bonds is 5. The van der Waals surface area contributed by atoms with Gasteiger partial charge in [0.25, 0.3) is 0 Å². The van der Waals surface area contributed by atoms with E-state index in [1.807, 2.05) is 24.3 Å². The summed E-state index contributed by atoms with van der Waals surface area (Å²) in [6.07, 6.45) is 5.10. The molecule has 0 aliphatic carbocycles. The summed E-state index contributed by atoms with van der Waals surface area (Å²) in [7, 11) is 1.79. The minimum atomic E-state index is -0.377. The number of carbonyl (C=O) groups excluding carboxylic acids is 1. The molecule has 25 heavy (non-hydrogen) atoms. The molecule has 1 saturated heterocycles. The Balaban J connectivity index is 1.82. The van der Waals surface area contributed by atoms with Crippen molar-refractivity contribution in [3.05, 3.63) is 59.1 Å². The molecule has 1 aliphatic rings. The highest BCUT2D eigenvalue weighted by atomic mass is 35.5. The molecule has 0 aromatic carbocycles. The van der Waals surface area contributed by atoms with Crippen LogP contribution in [-0.2, 0) is 16.1 Å². The lowest BCUT2D eigenvalue weighted by atomic mass is 10.1. The first kappa shape index (κ1) is 17.8. The maximum absolute atomic E-state index is 13.2. The highest BCUT2D eigenvalue weighted by Gasteiger charge is 2.31. The van der Waals surface area contributed by atoms with Gasteiger partial charge in [0.1, 0.15) is 11.2 Å². The van der Waals surface area contributed by atoms with Crippen molar-refractivity contribution in [2.45, 2.75) is 12.6 Å². The molecule has 3 heterocycles. The lowest BCUT2D eigenvalue weighted by Crippen LogP contribution is -2.46. The Hall–Kier alpha value is -2.02. The van der Waals surface area contributed by atoms with Crippen LogP contribution in [0.25, 0.3) is 0 Å². The van der Waals surface area contributed by atoms with E-state index < -0.39 is 0 Å². The number of pyridine rings is 2. The van der Waals surface area contributed by atoms with Gasteiger partial charge in [-0.1, -0.05) is 23.7 Å². The van der Waals surface area contributed by atoms with Crippen LogP contribution in [0, 0.1) is 0 Å². The van der Waals surface area contributed by atoms with Crippen molar-refractivity contribution in [3.63, 3.8) is 0 Å². The number of amides is 1. The second-order valence-electron chi connectivity index (χ2n) is 5.98. The molecule has 2 aromatic heterocycles. The lowest BCUT2D eigenvalue weighted by Gasteiger charge is -2.35. The van der Waals surface area contributed by atoms with E-state index in [1.54, 1.807) is 30.5 Å². The van der Waals surface area contributed by atoms with Crippen LogP contribution in [0.4, 0.5) is 0 Å². The Morgan fingerprint density at radius 2 is 2.08 bits per heavy atom. The highest BCUT2D eigenvalue weighted by Crippen LogP contribution is 2.24. The molecule has 6 nitrogen and oxygen atoms in total. The third-order valence-electron chi connectivity index (χ3n) is 4.26. The number of morpholine rings is 1. The van der Waals surface area contributed by atoms with Crippen molar-refractivity contribution >= 4 is 17.5 Å². The average Bonchev–Trinajstić information content (AvgIpc) is 2.65. The van der Waals surface area contributed by atoms with Gasteiger partial charge < -0.3 is 9.64 Å². The summed E-state index contributed by atoms with van der Waals surface area (Å²) in [5.41, 5.74) is 1.71. The molecule has 1 fully saturated rings. The van der Waals surface area contributed by atoms with E-state index in [2.05, 4.69) is 14.9 Å². The van der Waals surface area contributed by atoms with Gasteiger partial charge in [-0.3, -0.25) is 14.7 Å². The maximum Gasteiger partial charge on any atom is 0.244 e. The monoisotopic (exact) mass is 360 g/mol. The molecule has 1 atom stereocenters. The second kappa shape index (κ2) is 8.38. The van der Waals surface area contributed by atoms with E-state index in [9.17, 15) is 4.79 Å². The van der Waals surface area contributed by atoms with Gasteiger partial charge in [0.2, 0.25) is 5.91 Å². The molecule has 132 valence electrons. The number of carbonyl (C=O) groups is 1. The van der Waals surface area contributed by atoms with Crippen LogP contribution in [0.5, 0.6) is 0 Å². The zero-order chi connectivity index (χ0) is 17.6. The number of hydrogen-bond acceptors (Lipinski definition) is 5. The van der Waals surface area contributed by atoms with Gasteiger partial charge in [-0.15, -0.1) is 0 Å². The Morgan fingerprint density at radius 1 is 1.32 bits per heavy atom. The predicted molar refractivity (Wildman–Crippen MR) is 95.1 cm³/mol. The molecular formula is C18H21ClN4O2. The van der Waals surface area contributed by atoms with Crippen molar-refractivity contribution in [1.82, 2.24) is 19.8 Å². The summed E-state index contributed by atoms with van der Waals surface area (Å²) in [5.74, 6) is 0.00909. The number of halogens is 1.